The Morgan fingerprint density at radius 3 is 2.43 bits per heavy atom. The van der Waals surface area contributed by atoms with Gasteiger partial charge in [-0.15, -0.1) is 0 Å². The van der Waals surface area contributed by atoms with Gasteiger partial charge in [0, 0.05) is 19.2 Å². The number of ether oxygens (including phenoxy) is 1. The van der Waals surface area contributed by atoms with Gasteiger partial charge in [0.1, 0.15) is 5.75 Å². The Bertz CT molecular complexity index is 552. The van der Waals surface area contributed by atoms with Crippen LogP contribution in [0, 0.1) is 0 Å². The number of methoxy groups -OCH3 is 1. The molecule has 23 heavy (non-hydrogen) atoms. The predicted molar refractivity (Wildman–Crippen MR) is 95.5 cm³/mol. The molecule has 0 atom stereocenters. The Morgan fingerprint density at radius 1 is 1.13 bits per heavy atom. The van der Waals surface area contributed by atoms with Crippen LogP contribution in [0.5, 0.6) is 5.75 Å². The monoisotopic (exact) mass is 313 g/mol. The zero-order valence-corrected chi connectivity index (χ0v) is 14.3. The predicted octanol–water partition coefficient (Wildman–Crippen LogP) is 4.45. The fourth-order valence-corrected chi connectivity index (χ4v) is 2.80. The molecule has 0 saturated carbocycles. The summed E-state index contributed by atoms with van der Waals surface area (Å²) in [5.41, 5.74) is 2.31. The van der Waals surface area contributed by atoms with Crippen molar-refractivity contribution in [2.24, 2.45) is 0 Å². The van der Waals surface area contributed by atoms with Gasteiger partial charge in [-0.05, 0) is 49.0 Å². The minimum Gasteiger partial charge on any atom is -0.497 e. The number of benzene rings is 1. The molecule has 1 aromatic rings. The van der Waals surface area contributed by atoms with Gasteiger partial charge in [0.05, 0.1) is 7.11 Å². The third-order valence-electron chi connectivity index (χ3n) is 4.11. The van der Waals surface area contributed by atoms with Crippen LogP contribution in [0.15, 0.2) is 42.0 Å². The van der Waals surface area contributed by atoms with Crippen LogP contribution in [0.1, 0.15) is 44.6 Å². The lowest BCUT2D eigenvalue weighted by atomic mass is 10.1. The smallest absolute Gasteiger partial charge is 0.246 e. The minimum atomic E-state index is 0.140. The van der Waals surface area contributed by atoms with E-state index in [0.717, 1.165) is 50.1 Å². The molecule has 1 fully saturated rings. The Morgan fingerprint density at radius 2 is 1.83 bits per heavy atom. The lowest BCUT2D eigenvalue weighted by Crippen LogP contribution is -2.34. The number of nitrogens with zero attached hydrogens (tertiary/aromatic N) is 1. The molecule has 0 N–H and O–H groups in total. The van der Waals surface area contributed by atoms with Gasteiger partial charge >= 0.3 is 0 Å². The van der Waals surface area contributed by atoms with E-state index in [1.807, 2.05) is 35.2 Å². The number of allylic oxidation sites excluding steroid dienone is 2. The fraction of sp³-hybridized carbons (Fsp3) is 0.450. The Kier molecular flexibility index (Phi) is 6.92. The van der Waals surface area contributed by atoms with E-state index in [-0.39, 0.29) is 5.91 Å². The molecule has 1 aromatic carbocycles. The second-order valence-corrected chi connectivity index (χ2v) is 5.96. The molecule has 2 rings (SSSR count). The van der Waals surface area contributed by atoms with Crippen LogP contribution in [0.3, 0.4) is 0 Å². The van der Waals surface area contributed by atoms with Crippen molar-refractivity contribution in [1.29, 1.82) is 0 Å². The summed E-state index contributed by atoms with van der Waals surface area (Å²) < 4.78 is 5.18. The zero-order chi connectivity index (χ0) is 16.5. The normalized spacial score (nSPS) is 15.9. The molecule has 124 valence electrons. The van der Waals surface area contributed by atoms with Gasteiger partial charge in [-0.25, -0.2) is 0 Å². The number of carbonyl (C=O) groups excluding carboxylic acids is 1. The van der Waals surface area contributed by atoms with Crippen molar-refractivity contribution in [2.75, 3.05) is 20.2 Å². The van der Waals surface area contributed by atoms with Gasteiger partial charge in [-0.3, -0.25) is 4.79 Å². The van der Waals surface area contributed by atoms with Crippen LogP contribution in [-0.2, 0) is 4.79 Å². The van der Waals surface area contributed by atoms with Crippen LogP contribution in [-0.4, -0.2) is 31.0 Å². The van der Waals surface area contributed by atoms with Crippen molar-refractivity contribution in [3.63, 3.8) is 0 Å². The summed E-state index contributed by atoms with van der Waals surface area (Å²) in [4.78, 5) is 14.2. The Labute approximate surface area is 139 Å². The van der Waals surface area contributed by atoms with Gasteiger partial charge in [0.25, 0.3) is 0 Å². The third-order valence-corrected chi connectivity index (χ3v) is 4.11. The third kappa shape index (κ3) is 5.59. The van der Waals surface area contributed by atoms with E-state index >= 15 is 0 Å². The molecule has 3 heteroatoms. The summed E-state index contributed by atoms with van der Waals surface area (Å²) >= 11 is 0. The van der Waals surface area contributed by atoms with Crippen molar-refractivity contribution in [2.45, 2.75) is 39.0 Å². The summed E-state index contributed by atoms with van der Waals surface area (Å²) in [5, 5.41) is 0. The first-order valence-corrected chi connectivity index (χ1v) is 8.54. The summed E-state index contributed by atoms with van der Waals surface area (Å²) in [6.07, 6.45) is 11.4. The van der Waals surface area contributed by atoms with E-state index < -0.39 is 0 Å². The summed E-state index contributed by atoms with van der Waals surface area (Å²) in [5.74, 6) is 0.997. The second-order valence-electron chi connectivity index (χ2n) is 5.96. The molecule has 0 aromatic heterocycles. The fourth-order valence-electron chi connectivity index (χ4n) is 2.80. The number of hydrogen-bond acceptors (Lipinski definition) is 2. The van der Waals surface area contributed by atoms with Crippen LogP contribution in [0.4, 0.5) is 0 Å². The van der Waals surface area contributed by atoms with Crippen molar-refractivity contribution in [1.82, 2.24) is 4.90 Å². The summed E-state index contributed by atoms with van der Waals surface area (Å²) in [7, 11) is 1.67. The first-order valence-electron chi connectivity index (χ1n) is 8.54. The minimum absolute atomic E-state index is 0.140. The molecular formula is C20H27NO2. The molecule has 1 amide bonds. The maximum Gasteiger partial charge on any atom is 0.246 e. The van der Waals surface area contributed by atoms with Gasteiger partial charge in [-0.2, -0.15) is 0 Å². The molecule has 1 saturated heterocycles. The molecule has 1 aliphatic rings. The number of likely N-dealkylation sites (tertiary alicyclic amines) is 1. The van der Waals surface area contributed by atoms with E-state index in [2.05, 4.69) is 13.0 Å². The molecular weight excluding hydrogens is 286 g/mol. The van der Waals surface area contributed by atoms with Gasteiger partial charge in [0.2, 0.25) is 5.91 Å². The van der Waals surface area contributed by atoms with Crippen LogP contribution >= 0.6 is 0 Å². The lowest BCUT2D eigenvalue weighted by Gasteiger charge is -2.25. The van der Waals surface area contributed by atoms with Gasteiger partial charge in [-0.1, -0.05) is 37.6 Å². The maximum absolute atomic E-state index is 12.2. The second kappa shape index (κ2) is 9.19. The van der Waals surface area contributed by atoms with E-state index in [4.69, 9.17) is 4.74 Å². The molecule has 1 heterocycles. The van der Waals surface area contributed by atoms with E-state index in [1.165, 1.54) is 12.0 Å². The van der Waals surface area contributed by atoms with Crippen LogP contribution in [0.2, 0.25) is 0 Å². The number of carbonyl (C=O) groups is 1. The molecule has 1 aliphatic heterocycles. The maximum atomic E-state index is 12.2. The number of hydrogen-bond donors (Lipinski definition) is 0. The Hall–Kier alpha value is -2.03. The number of amides is 1. The molecule has 0 bridgehead atoms. The Balaban J connectivity index is 2.05. The summed E-state index contributed by atoms with van der Waals surface area (Å²) in [6.45, 7) is 3.95. The van der Waals surface area contributed by atoms with E-state index in [0.29, 0.717) is 0 Å². The van der Waals surface area contributed by atoms with Crippen molar-refractivity contribution in [3.8, 4) is 5.75 Å². The zero-order valence-electron chi connectivity index (χ0n) is 14.3. The standard InChI is InChI=1S/C20H27NO2/c1-3-7-17(16-18-8-11-19(23-2)12-9-18)10-13-20(22)21-14-5-4-6-15-21/h8-13,16H,3-7,14-15H2,1-2H3. The summed E-state index contributed by atoms with van der Waals surface area (Å²) in [6, 6.07) is 7.99. The molecule has 3 nitrogen and oxygen atoms in total. The molecule has 0 unspecified atom stereocenters. The highest BCUT2D eigenvalue weighted by molar-refractivity contribution is 5.88. The largest absolute Gasteiger partial charge is 0.497 e. The average molecular weight is 313 g/mol. The molecule has 0 spiro atoms. The van der Waals surface area contributed by atoms with E-state index in [9.17, 15) is 4.79 Å². The highest BCUT2D eigenvalue weighted by atomic mass is 16.5. The van der Waals surface area contributed by atoms with Crippen molar-refractivity contribution >= 4 is 12.0 Å². The van der Waals surface area contributed by atoms with Crippen LogP contribution < -0.4 is 4.74 Å². The van der Waals surface area contributed by atoms with Gasteiger partial charge in [0.15, 0.2) is 0 Å². The van der Waals surface area contributed by atoms with Gasteiger partial charge < -0.3 is 9.64 Å². The average Bonchev–Trinajstić information content (AvgIpc) is 2.61. The topological polar surface area (TPSA) is 29.5 Å². The first-order chi connectivity index (χ1) is 11.2. The molecule has 0 radical (unpaired) electrons. The van der Waals surface area contributed by atoms with Crippen LogP contribution in [0.25, 0.3) is 6.08 Å². The van der Waals surface area contributed by atoms with E-state index in [1.54, 1.807) is 13.2 Å². The first kappa shape index (κ1) is 17.3. The number of rotatable bonds is 6. The highest BCUT2D eigenvalue weighted by Gasteiger charge is 2.13. The van der Waals surface area contributed by atoms with Crippen molar-refractivity contribution in [3.05, 3.63) is 47.6 Å². The van der Waals surface area contributed by atoms with Crippen molar-refractivity contribution < 1.29 is 9.53 Å². The SMILES string of the molecule is CCCC(C=CC(=O)N1CCCCC1)=Cc1ccc(OC)cc1. The molecule has 0 aliphatic carbocycles. The quantitative estimate of drug-likeness (QED) is 0.574. The lowest BCUT2D eigenvalue weighted by molar-refractivity contribution is -0.126. The highest BCUT2D eigenvalue weighted by Crippen LogP contribution is 2.17. The number of piperidine rings is 1.